The van der Waals surface area contributed by atoms with Crippen LogP contribution in [0.5, 0.6) is 0 Å². The molecule has 0 aromatic heterocycles. The van der Waals surface area contributed by atoms with Crippen molar-refractivity contribution < 1.29 is 9.53 Å². The number of amides is 1. The molecule has 1 aromatic rings. The largest absolute Gasteiger partial charge is 0.377 e. The molecule has 2 atom stereocenters. The number of nitrogens with one attached hydrogen (secondary N) is 1. The lowest BCUT2D eigenvalue weighted by Gasteiger charge is -2.21. The Bertz CT molecular complexity index is 446. The molecule has 0 aliphatic carbocycles. The van der Waals surface area contributed by atoms with Crippen molar-refractivity contribution in [1.82, 2.24) is 10.2 Å². The number of benzene rings is 1. The Hall–Kier alpha value is -1.43. The van der Waals surface area contributed by atoms with Crippen LogP contribution in [0, 0.1) is 6.92 Å². The molecule has 124 valence electrons. The van der Waals surface area contributed by atoms with E-state index in [1.165, 1.54) is 0 Å². The van der Waals surface area contributed by atoms with Crippen LogP contribution in [0.25, 0.3) is 0 Å². The van der Waals surface area contributed by atoms with Gasteiger partial charge in [0.2, 0.25) is 5.91 Å². The van der Waals surface area contributed by atoms with E-state index in [2.05, 4.69) is 10.2 Å². The van der Waals surface area contributed by atoms with Crippen molar-refractivity contribution >= 4 is 5.91 Å². The minimum atomic E-state index is -0.642. The minimum Gasteiger partial charge on any atom is -0.377 e. The third-order valence-electron chi connectivity index (χ3n) is 3.52. The Labute approximate surface area is 133 Å². The summed E-state index contributed by atoms with van der Waals surface area (Å²) in [4.78, 5) is 14.3. The average molecular weight is 307 g/mol. The van der Waals surface area contributed by atoms with Gasteiger partial charge in [0, 0.05) is 19.7 Å². The number of carbonyl (C=O) groups excluding carboxylic acids is 1. The van der Waals surface area contributed by atoms with Crippen LogP contribution < -0.4 is 11.1 Å². The van der Waals surface area contributed by atoms with E-state index >= 15 is 0 Å². The summed E-state index contributed by atoms with van der Waals surface area (Å²) in [6, 6.07) is 7.07. The number of aryl methyl sites for hydroxylation is 1. The highest BCUT2D eigenvalue weighted by Gasteiger charge is 2.17. The van der Waals surface area contributed by atoms with E-state index in [-0.39, 0.29) is 12.0 Å². The van der Waals surface area contributed by atoms with Gasteiger partial charge in [-0.25, -0.2) is 0 Å². The Morgan fingerprint density at radius 3 is 2.50 bits per heavy atom. The lowest BCUT2D eigenvalue weighted by Crippen LogP contribution is -2.40. The highest BCUT2D eigenvalue weighted by molar-refractivity contribution is 5.82. The molecule has 2 unspecified atom stereocenters. The van der Waals surface area contributed by atoms with E-state index < -0.39 is 6.04 Å². The zero-order valence-corrected chi connectivity index (χ0v) is 14.1. The second-order valence-corrected chi connectivity index (χ2v) is 5.80. The maximum Gasteiger partial charge on any atom is 0.241 e. The van der Waals surface area contributed by atoms with Gasteiger partial charge >= 0.3 is 0 Å². The number of hydrogen-bond donors (Lipinski definition) is 2. The van der Waals surface area contributed by atoms with Gasteiger partial charge in [0.15, 0.2) is 0 Å². The maximum absolute atomic E-state index is 12.2. The van der Waals surface area contributed by atoms with Crippen molar-refractivity contribution in [3.8, 4) is 0 Å². The highest BCUT2D eigenvalue weighted by atomic mass is 16.5. The van der Waals surface area contributed by atoms with Crippen LogP contribution in [-0.2, 0) is 9.53 Å². The van der Waals surface area contributed by atoms with Crippen molar-refractivity contribution in [2.75, 3.05) is 33.8 Å². The van der Waals surface area contributed by atoms with Crippen LogP contribution in [0.15, 0.2) is 24.3 Å². The monoisotopic (exact) mass is 307 g/mol. The van der Waals surface area contributed by atoms with E-state index in [0.29, 0.717) is 13.2 Å². The number of nitrogens with zero attached hydrogens (tertiary/aromatic N) is 1. The molecule has 3 N–H and O–H groups in total. The summed E-state index contributed by atoms with van der Waals surface area (Å²) < 4.78 is 5.66. The first-order valence-corrected chi connectivity index (χ1v) is 7.80. The average Bonchev–Trinajstić information content (AvgIpc) is 2.49. The molecule has 0 spiro atoms. The first-order chi connectivity index (χ1) is 10.4. The Balaban J connectivity index is 2.49. The van der Waals surface area contributed by atoms with Gasteiger partial charge in [-0.2, -0.15) is 0 Å². The molecule has 0 heterocycles. The first kappa shape index (κ1) is 18.6. The molecule has 0 radical (unpaired) electrons. The topological polar surface area (TPSA) is 67.6 Å². The van der Waals surface area contributed by atoms with Crippen LogP contribution in [0.2, 0.25) is 0 Å². The minimum absolute atomic E-state index is 0.0153. The molecule has 0 fully saturated rings. The van der Waals surface area contributed by atoms with Gasteiger partial charge in [0.1, 0.15) is 6.04 Å². The molecule has 1 amide bonds. The Morgan fingerprint density at radius 2 is 1.95 bits per heavy atom. The molecule has 1 rings (SSSR count). The highest BCUT2D eigenvalue weighted by Crippen LogP contribution is 2.11. The Morgan fingerprint density at radius 1 is 1.32 bits per heavy atom. The third-order valence-corrected chi connectivity index (χ3v) is 3.52. The molecule has 0 aliphatic rings. The van der Waals surface area contributed by atoms with Crippen LogP contribution in [0.4, 0.5) is 0 Å². The molecule has 0 bridgehead atoms. The number of nitrogens with two attached hydrogens (primary N) is 1. The summed E-state index contributed by atoms with van der Waals surface area (Å²) in [5.74, 6) is -0.168. The lowest BCUT2D eigenvalue weighted by molar-refractivity contribution is -0.123. The third kappa shape index (κ3) is 6.56. The van der Waals surface area contributed by atoms with E-state index in [1.54, 1.807) is 0 Å². The molecule has 1 aromatic carbocycles. The van der Waals surface area contributed by atoms with Gasteiger partial charge in [0.25, 0.3) is 0 Å². The number of ether oxygens (including phenoxy) is 1. The molecule has 22 heavy (non-hydrogen) atoms. The lowest BCUT2D eigenvalue weighted by atomic mass is 10.1. The first-order valence-electron chi connectivity index (χ1n) is 7.80. The summed E-state index contributed by atoms with van der Waals surface area (Å²) in [7, 11) is 4.05. The van der Waals surface area contributed by atoms with Crippen LogP contribution >= 0.6 is 0 Å². The predicted octanol–water partition coefficient (Wildman–Crippen LogP) is 1.47. The molecule has 0 saturated carbocycles. The van der Waals surface area contributed by atoms with Crippen LogP contribution in [0.1, 0.15) is 30.5 Å². The summed E-state index contributed by atoms with van der Waals surface area (Å²) in [6.45, 7) is 6.01. The summed E-state index contributed by atoms with van der Waals surface area (Å²) in [5.41, 5.74) is 7.98. The fraction of sp³-hybridized carbons (Fsp3) is 0.588. The van der Waals surface area contributed by atoms with Crippen molar-refractivity contribution in [3.05, 3.63) is 35.4 Å². The van der Waals surface area contributed by atoms with E-state index in [4.69, 9.17) is 10.5 Å². The van der Waals surface area contributed by atoms with Crippen molar-refractivity contribution in [2.24, 2.45) is 5.73 Å². The van der Waals surface area contributed by atoms with Gasteiger partial charge in [-0.05, 0) is 39.9 Å². The molecular weight excluding hydrogens is 278 g/mol. The van der Waals surface area contributed by atoms with Crippen molar-refractivity contribution in [1.29, 1.82) is 0 Å². The van der Waals surface area contributed by atoms with Gasteiger partial charge in [0.05, 0.1) is 6.10 Å². The van der Waals surface area contributed by atoms with E-state index in [1.807, 2.05) is 52.2 Å². The number of rotatable bonds is 9. The smallest absolute Gasteiger partial charge is 0.241 e. The fourth-order valence-corrected chi connectivity index (χ4v) is 2.13. The van der Waals surface area contributed by atoms with Crippen LogP contribution in [0.3, 0.4) is 0 Å². The molecular formula is C17H29N3O2. The SMILES string of the molecule is CCOC(CCN(C)C)CNC(=O)C(N)c1ccc(C)cc1. The van der Waals surface area contributed by atoms with Gasteiger partial charge in [-0.15, -0.1) is 0 Å². The second-order valence-electron chi connectivity index (χ2n) is 5.80. The molecule has 0 aliphatic heterocycles. The van der Waals surface area contributed by atoms with Gasteiger partial charge < -0.3 is 20.7 Å². The van der Waals surface area contributed by atoms with E-state index in [9.17, 15) is 4.79 Å². The van der Waals surface area contributed by atoms with Crippen LogP contribution in [-0.4, -0.2) is 50.7 Å². The van der Waals surface area contributed by atoms with Crippen molar-refractivity contribution in [3.63, 3.8) is 0 Å². The number of carbonyl (C=O) groups is 1. The van der Waals surface area contributed by atoms with Gasteiger partial charge in [-0.3, -0.25) is 4.79 Å². The molecule has 0 saturated heterocycles. The Kier molecular flexibility index (Phi) is 8.09. The second kappa shape index (κ2) is 9.56. The molecule has 5 nitrogen and oxygen atoms in total. The van der Waals surface area contributed by atoms with E-state index in [0.717, 1.165) is 24.1 Å². The summed E-state index contributed by atoms with van der Waals surface area (Å²) >= 11 is 0. The number of hydrogen-bond acceptors (Lipinski definition) is 4. The summed E-state index contributed by atoms with van der Waals surface area (Å²) in [6.07, 6.45) is 0.891. The zero-order valence-electron chi connectivity index (χ0n) is 14.1. The fourth-order valence-electron chi connectivity index (χ4n) is 2.13. The predicted molar refractivity (Wildman–Crippen MR) is 89.7 cm³/mol. The van der Waals surface area contributed by atoms with Crippen molar-refractivity contribution in [2.45, 2.75) is 32.4 Å². The summed E-state index contributed by atoms with van der Waals surface area (Å²) in [5, 5.41) is 2.90. The zero-order chi connectivity index (χ0) is 16.5. The quantitative estimate of drug-likeness (QED) is 0.725. The normalized spacial score (nSPS) is 13.9. The molecule has 5 heteroatoms. The standard InChI is InChI=1S/C17H29N3O2/c1-5-22-15(10-11-20(3)4)12-19-17(21)16(18)14-8-6-13(2)7-9-14/h6-9,15-16H,5,10-12,18H2,1-4H3,(H,19,21). The maximum atomic E-state index is 12.2. The van der Waals surface area contributed by atoms with Gasteiger partial charge in [-0.1, -0.05) is 29.8 Å².